The number of aliphatic imine (C=N–C) groups is 1. The molecule has 0 spiro atoms. The fraction of sp³-hybridized carbons (Fsp3) is 0.529. The first kappa shape index (κ1) is 17.9. The molecule has 2 heterocycles. The number of hydrogen-bond acceptors (Lipinski definition) is 5. The number of hydrogen-bond donors (Lipinski definition) is 2. The summed E-state index contributed by atoms with van der Waals surface area (Å²) in [7, 11) is 0. The summed E-state index contributed by atoms with van der Waals surface area (Å²) in [4.78, 5) is 13.2. The monoisotopic (exact) mass is 330 g/mol. The van der Waals surface area contributed by atoms with Gasteiger partial charge < -0.3 is 15.2 Å². The second-order valence-electron chi connectivity index (χ2n) is 6.46. The lowest BCUT2D eigenvalue weighted by molar-refractivity contribution is 0.318. The van der Waals surface area contributed by atoms with Gasteiger partial charge in [0.2, 0.25) is 5.89 Å². The number of pyridine rings is 1. The first-order valence-corrected chi connectivity index (χ1v) is 8.24. The summed E-state index contributed by atoms with van der Waals surface area (Å²) in [6.45, 7) is 10.1. The van der Waals surface area contributed by atoms with Crippen LogP contribution in [0.1, 0.15) is 45.1 Å². The Morgan fingerprint density at radius 3 is 2.71 bits per heavy atom. The highest BCUT2D eigenvalue weighted by atomic mass is 16.5. The van der Waals surface area contributed by atoms with Gasteiger partial charge in [0.25, 0.3) is 0 Å². The zero-order valence-electron chi connectivity index (χ0n) is 14.8. The highest BCUT2D eigenvalue weighted by Gasteiger charge is 2.21. The molecule has 0 fully saturated rings. The molecule has 2 rings (SSSR count). The Balaban J connectivity index is 1.89. The Hall–Kier alpha value is -2.44. The van der Waals surface area contributed by atoms with E-state index in [0.717, 1.165) is 31.2 Å². The molecule has 0 atom stereocenters. The van der Waals surface area contributed by atoms with E-state index < -0.39 is 0 Å². The van der Waals surface area contributed by atoms with E-state index in [4.69, 9.17) is 4.52 Å². The molecular formula is C17H26N6O. The Labute approximate surface area is 143 Å². The van der Waals surface area contributed by atoms with Gasteiger partial charge in [0, 0.05) is 36.8 Å². The molecular weight excluding hydrogens is 304 g/mol. The summed E-state index contributed by atoms with van der Waals surface area (Å²) in [5.74, 6) is 1.94. The van der Waals surface area contributed by atoms with Gasteiger partial charge in [0.05, 0.1) is 0 Å². The van der Waals surface area contributed by atoms with Crippen LogP contribution in [0.4, 0.5) is 0 Å². The fourth-order valence-corrected chi connectivity index (χ4v) is 1.97. The predicted molar refractivity (Wildman–Crippen MR) is 93.8 cm³/mol. The molecule has 0 aromatic carbocycles. The quantitative estimate of drug-likeness (QED) is 0.622. The van der Waals surface area contributed by atoms with Crippen molar-refractivity contribution in [3.8, 4) is 0 Å². The molecule has 0 aliphatic rings. The summed E-state index contributed by atoms with van der Waals surface area (Å²) < 4.78 is 5.28. The van der Waals surface area contributed by atoms with Crippen molar-refractivity contribution in [3.05, 3.63) is 41.8 Å². The predicted octanol–water partition coefficient (Wildman–Crippen LogP) is 2.06. The third-order valence-corrected chi connectivity index (χ3v) is 3.23. The Morgan fingerprint density at radius 1 is 1.25 bits per heavy atom. The molecule has 2 N–H and O–H groups in total. The molecule has 0 aliphatic heterocycles. The van der Waals surface area contributed by atoms with E-state index in [1.165, 1.54) is 0 Å². The average Bonchev–Trinajstić information content (AvgIpc) is 3.03. The third-order valence-electron chi connectivity index (χ3n) is 3.23. The minimum atomic E-state index is -0.152. The van der Waals surface area contributed by atoms with E-state index in [1.54, 1.807) is 6.20 Å². The Morgan fingerprint density at radius 2 is 2.08 bits per heavy atom. The van der Waals surface area contributed by atoms with Gasteiger partial charge in [-0.25, -0.2) is 4.99 Å². The van der Waals surface area contributed by atoms with Gasteiger partial charge in [0.1, 0.15) is 6.54 Å². The molecule has 0 bridgehead atoms. The van der Waals surface area contributed by atoms with Crippen molar-refractivity contribution >= 4 is 5.96 Å². The number of nitrogens with one attached hydrogen (secondary N) is 2. The zero-order chi connectivity index (χ0) is 17.4. The van der Waals surface area contributed by atoms with Crippen molar-refractivity contribution in [2.24, 2.45) is 4.99 Å². The van der Waals surface area contributed by atoms with E-state index in [9.17, 15) is 0 Å². The molecule has 0 aliphatic carbocycles. The molecule has 0 amide bonds. The van der Waals surface area contributed by atoms with E-state index in [-0.39, 0.29) is 5.41 Å². The SMILES string of the molecule is CCNC(=NCc1noc(C(C)(C)C)n1)NCCc1ccccn1. The molecule has 2 aromatic rings. The lowest BCUT2D eigenvalue weighted by atomic mass is 9.97. The average molecular weight is 330 g/mol. The lowest BCUT2D eigenvalue weighted by Crippen LogP contribution is -2.38. The van der Waals surface area contributed by atoms with Crippen molar-refractivity contribution in [1.82, 2.24) is 25.8 Å². The highest BCUT2D eigenvalue weighted by Crippen LogP contribution is 2.19. The number of rotatable bonds is 6. The largest absolute Gasteiger partial charge is 0.357 e. The first-order chi connectivity index (χ1) is 11.5. The van der Waals surface area contributed by atoms with Crippen LogP contribution >= 0.6 is 0 Å². The second-order valence-corrected chi connectivity index (χ2v) is 6.46. The summed E-state index contributed by atoms with van der Waals surface area (Å²) in [5, 5.41) is 10.5. The van der Waals surface area contributed by atoms with Crippen molar-refractivity contribution in [2.75, 3.05) is 13.1 Å². The van der Waals surface area contributed by atoms with Crippen molar-refractivity contribution in [3.63, 3.8) is 0 Å². The lowest BCUT2D eigenvalue weighted by Gasteiger charge is -2.11. The Bertz CT molecular complexity index is 645. The second kappa shape index (κ2) is 8.42. The maximum Gasteiger partial charge on any atom is 0.232 e. The third kappa shape index (κ3) is 5.64. The smallest absolute Gasteiger partial charge is 0.232 e. The normalized spacial score (nSPS) is 12.2. The molecule has 0 saturated heterocycles. The van der Waals surface area contributed by atoms with Gasteiger partial charge in [0.15, 0.2) is 11.8 Å². The van der Waals surface area contributed by atoms with Crippen molar-refractivity contribution in [2.45, 2.75) is 46.1 Å². The van der Waals surface area contributed by atoms with E-state index in [1.807, 2.05) is 45.9 Å². The van der Waals surface area contributed by atoms with Gasteiger partial charge in [-0.1, -0.05) is 32.0 Å². The van der Waals surface area contributed by atoms with E-state index in [2.05, 4.69) is 30.8 Å². The first-order valence-electron chi connectivity index (χ1n) is 8.24. The van der Waals surface area contributed by atoms with Crippen molar-refractivity contribution in [1.29, 1.82) is 0 Å². The van der Waals surface area contributed by atoms with Gasteiger partial charge in [-0.15, -0.1) is 0 Å². The van der Waals surface area contributed by atoms with Crippen LogP contribution in [0.3, 0.4) is 0 Å². The molecule has 7 nitrogen and oxygen atoms in total. The minimum Gasteiger partial charge on any atom is -0.357 e. The number of guanidine groups is 1. The van der Waals surface area contributed by atoms with Crippen LogP contribution in [0.25, 0.3) is 0 Å². The van der Waals surface area contributed by atoms with Crippen LogP contribution in [-0.2, 0) is 18.4 Å². The minimum absolute atomic E-state index is 0.152. The molecule has 2 aromatic heterocycles. The number of nitrogens with zero attached hydrogens (tertiary/aromatic N) is 4. The van der Waals surface area contributed by atoms with Crippen LogP contribution in [0.2, 0.25) is 0 Å². The summed E-state index contributed by atoms with van der Waals surface area (Å²) in [6.07, 6.45) is 2.64. The molecule has 0 saturated carbocycles. The van der Waals surface area contributed by atoms with Gasteiger partial charge in [-0.2, -0.15) is 4.98 Å². The molecule has 0 unspecified atom stereocenters. The maximum atomic E-state index is 5.28. The Kier molecular flexibility index (Phi) is 6.28. The maximum absolute atomic E-state index is 5.28. The van der Waals surface area contributed by atoms with E-state index in [0.29, 0.717) is 18.3 Å². The van der Waals surface area contributed by atoms with Gasteiger partial charge >= 0.3 is 0 Å². The van der Waals surface area contributed by atoms with E-state index >= 15 is 0 Å². The number of aromatic nitrogens is 3. The van der Waals surface area contributed by atoms with Gasteiger partial charge in [-0.05, 0) is 19.1 Å². The highest BCUT2D eigenvalue weighted by molar-refractivity contribution is 5.79. The summed E-state index contributed by atoms with van der Waals surface area (Å²) in [5.41, 5.74) is 0.897. The van der Waals surface area contributed by atoms with Crippen LogP contribution in [0.5, 0.6) is 0 Å². The van der Waals surface area contributed by atoms with Crippen molar-refractivity contribution < 1.29 is 4.52 Å². The fourth-order valence-electron chi connectivity index (χ4n) is 1.97. The van der Waals surface area contributed by atoms with Gasteiger partial charge in [-0.3, -0.25) is 4.98 Å². The molecule has 24 heavy (non-hydrogen) atoms. The van der Waals surface area contributed by atoms with Crippen LogP contribution in [0.15, 0.2) is 33.9 Å². The standard InChI is InChI=1S/C17H26N6O/c1-5-18-16(20-11-9-13-8-6-7-10-19-13)21-12-14-22-15(24-23-14)17(2,3)4/h6-8,10H,5,9,11-12H2,1-4H3,(H2,18,20,21). The summed E-state index contributed by atoms with van der Waals surface area (Å²) in [6, 6.07) is 5.92. The van der Waals surface area contributed by atoms with Crippen LogP contribution in [-0.4, -0.2) is 34.2 Å². The van der Waals surface area contributed by atoms with Crippen LogP contribution < -0.4 is 10.6 Å². The molecule has 0 radical (unpaired) electrons. The topological polar surface area (TPSA) is 88.2 Å². The zero-order valence-corrected chi connectivity index (χ0v) is 14.8. The van der Waals surface area contributed by atoms with Crippen LogP contribution in [0, 0.1) is 0 Å². The summed E-state index contributed by atoms with van der Waals surface area (Å²) >= 11 is 0. The molecule has 7 heteroatoms. The molecule has 130 valence electrons.